The molecule has 0 saturated heterocycles. The Hall–Kier alpha value is -1.80. The normalized spacial score (nSPS) is 11.8. The van der Waals surface area contributed by atoms with Crippen molar-refractivity contribution in [3.8, 4) is 6.07 Å². The smallest absolute Gasteiger partial charge is 0.292 e. The molecule has 0 spiro atoms. The van der Waals surface area contributed by atoms with Crippen molar-refractivity contribution in [1.82, 2.24) is 0 Å². The van der Waals surface area contributed by atoms with Gasteiger partial charge in [-0.05, 0) is 17.5 Å². The Morgan fingerprint density at radius 3 is 2.29 bits per heavy atom. The van der Waals surface area contributed by atoms with Crippen molar-refractivity contribution in [2.75, 3.05) is 0 Å². The Kier molecular flexibility index (Phi) is 3.26. The molecule has 1 aromatic carbocycles. The zero-order valence-electron chi connectivity index (χ0n) is 8.36. The highest BCUT2D eigenvalue weighted by atomic mass is 14.7. The van der Waals surface area contributed by atoms with Crippen LogP contribution in [0.2, 0.25) is 0 Å². The van der Waals surface area contributed by atoms with E-state index in [-0.39, 0.29) is 0 Å². The van der Waals surface area contributed by atoms with Gasteiger partial charge in [-0.3, -0.25) is 4.85 Å². The third-order valence-corrected chi connectivity index (χ3v) is 2.16. The van der Waals surface area contributed by atoms with E-state index in [1.165, 1.54) is 0 Å². The van der Waals surface area contributed by atoms with Gasteiger partial charge in [-0.2, -0.15) is 5.26 Å². The highest BCUT2D eigenvalue weighted by Gasteiger charge is 2.19. The van der Waals surface area contributed by atoms with Crippen LogP contribution in [-0.2, 0) is 0 Å². The van der Waals surface area contributed by atoms with E-state index >= 15 is 0 Å². The largest absolute Gasteiger partial charge is 0.332 e. The molecule has 1 unspecified atom stereocenters. The molecule has 0 aliphatic heterocycles. The van der Waals surface area contributed by atoms with Crippen LogP contribution in [0.3, 0.4) is 0 Å². The summed E-state index contributed by atoms with van der Waals surface area (Å²) < 4.78 is 0. The molecule has 0 amide bonds. The first-order valence-corrected chi connectivity index (χ1v) is 4.55. The summed E-state index contributed by atoms with van der Waals surface area (Å²) in [7, 11) is 0. The molecule has 0 aliphatic carbocycles. The molecule has 0 radical (unpaired) electrons. The maximum absolute atomic E-state index is 8.82. The number of nitrogens with zero attached hydrogens (tertiary/aromatic N) is 2. The number of rotatable bonds is 2. The Morgan fingerprint density at radius 1 is 1.29 bits per heavy atom. The fourth-order valence-electron chi connectivity index (χ4n) is 1.45. The number of benzene rings is 1. The zero-order valence-corrected chi connectivity index (χ0v) is 8.36. The van der Waals surface area contributed by atoms with Gasteiger partial charge < -0.3 is 0 Å². The van der Waals surface area contributed by atoms with Crippen LogP contribution in [0.5, 0.6) is 0 Å². The van der Waals surface area contributed by atoms with Crippen LogP contribution < -0.4 is 0 Å². The zero-order chi connectivity index (χ0) is 10.6. The summed E-state index contributed by atoms with van der Waals surface area (Å²) in [6.07, 6.45) is 0. The summed E-state index contributed by atoms with van der Waals surface area (Å²) in [6.45, 7) is 11.1. The Balaban J connectivity index is 3.22. The topological polar surface area (TPSA) is 28.1 Å². The molecule has 14 heavy (non-hydrogen) atoms. The molecule has 1 atom stereocenters. The fraction of sp³-hybridized carbons (Fsp3) is 0.333. The molecule has 0 N–H and O–H groups in total. The lowest BCUT2D eigenvalue weighted by atomic mass is 9.94. The molecule has 0 aromatic heterocycles. The van der Waals surface area contributed by atoms with E-state index in [1.54, 1.807) is 0 Å². The molecular weight excluding hydrogens is 172 g/mol. The molecule has 0 heterocycles. The summed E-state index contributed by atoms with van der Waals surface area (Å²) >= 11 is 0. The van der Waals surface area contributed by atoms with Crippen LogP contribution in [0.4, 0.5) is 0 Å². The molecular formula is C12H12N2. The Bertz CT molecular complexity index is 380. The van der Waals surface area contributed by atoms with Gasteiger partial charge in [0.2, 0.25) is 0 Å². The van der Waals surface area contributed by atoms with Crippen molar-refractivity contribution < 1.29 is 0 Å². The van der Waals surface area contributed by atoms with E-state index < -0.39 is 6.04 Å². The standard InChI is InChI=1S/C12H12N2/c1-9(2)10-6-4-5-7-11(10)12(8-13)14-3/h4-7,9,12H,1-2H3. The van der Waals surface area contributed by atoms with E-state index in [4.69, 9.17) is 11.8 Å². The molecule has 0 saturated carbocycles. The Labute approximate surface area is 84.6 Å². The summed E-state index contributed by atoms with van der Waals surface area (Å²) in [6, 6.07) is 9.01. The molecule has 2 heteroatoms. The summed E-state index contributed by atoms with van der Waals surface area (Å²) in [4.78, 5) is 3.31. The van der Waals surface area contributed by atoms with Gasteiger partial charge in [0.05, 0.1) is 5.56 Å². The second kappa shape index (κ2) is 4.44. The molecule has 2 nitrogen and oxygen atoms in total. The van der Waals surface area contributed by atoms with E-state index in [2.05, 4.69) is 18.7 Å². The molecule has 70 valence electrons. The minimum absolute atomic E-state index is 0.351. The monoisotopic (exact) mass is 184 g/mol. The van der Waals surface area contributed by atoms with Gasteiger partial charge in [-0.1, -0.05) is 32.0 Å². The Morgan fingerprint density at radius 2 is 1.86 bits per heavy atom. The van der Waals surface area contributed by atoms with Gasteiger partial charge in [0.1, 0.15) is 0 Å². The third-order valence-electron chi connectivity index (χ3n) is 2.16. The number of nitriles is 1. The highest BCUT2D eigenvalue weighted by Crippen LogP contribution is 2.26. The van der Waals surface area contributed by atoms with Crippen molar-refractivity contribution in [3.05, 3.63) is 46.8 Å². The molecule has 0 aliphatic rings. The van der Waals surface area contributed by atoms with Crippen molar-refractivity contribution >= 4 is 0 Å². The average Bonchev–Trinajstić information content (AvgIpc) is 2.20. The van der Waals surface area contributed by atoms with Crippen molar-refractivity contribution in [2.24, 2.45) is 0 Å². The second-order valence-corrected chi connectivity index (χ2v) is 3.44. The van der Waals surface area contributed by atoms with Crippen LogP contribution >= 0.6 is 0 Å². The van der Waals surface area contributed by atoms with Gasteiger partial charge >= 0.3 is 6.04 Å². The molecule has 0 bridgehead atoms. The van der Waals surface area contributed by atoms with E-state index in [0.29, 0.717) is 5.92 Å². The van der Waals surface area contributed by atoms with Crippen molar-refractivity contribution in [3.63, 3.8) is 0 Å². The second-order valence-electron chi connectivity index (χ2n) is 3.44. The van der Waals surface area contributed by atoms with E-state index in [1.807, 2.05) is 30.3 Å². The van der Waals surface area contributed by atoms with E-state index in [9.17, 15) is 0 Å². The molecule has 0 fully saturated rings. The fourth-order valence-corrected chi connectivity index (χ4v) is 1.45. The average molecular weight is 184 g/mol. The first-order valence-electron chi connectivity index (χ1n) is 4.55. The lowest BCUT2D eigenvalue weighted by Gasteiger charge is -2.09. The van der Waals surface area contributed by atoms with Gasteiger partial charge in [0.15, 0.2) is 6.07 Å². The predicted molar refractivity (Wildman–Crippen MR) is 55.5 cm³/mol. The van der Waals surface area contributed by atoms with Crippen LogP contribution in [0.25, 0.3) is 4.85 Å². The maximum Gasteiger partial charge on any atom is 0.332 e. The first-order chi connectivity index (χ1) is 6.70. The van der Waals surface area contributed by atoms with Crippen LogP contribution in [0.1, 0.15) is 36.9 Å². The highest BCUT2D eigenvalue weighted by molar-refractivity contribution is 5.37. The van der Waals surface area contributed by atoms with Crippen molar-refractivity contribution in [2.45, 2.75) is 25.8 Å². The molecule has 1 rings (SSSR count). The summed E-state index contributed by atoms with van der Waals surface area (Å²) in [5.74, 6) is 0.351. The van der Waals surface area contributed by atoms with Crippen molar-refractivity contribution in [1.29, 1.82) is 5.26 Å². The van der Waals surface area contributed by atoms with Crippen LogP contribution in [0.15, 0.2) is 24.3 Å². The maximum atomic E-state index is 8.82. The predicted octanol–water partition coefficient (Wildman–Crippen LogP) is 3.29. The van der Waals surface area contributed by atoms with Crippen LogP contribution in [0, 0.1) is 17.9 Å². The number of hydrogen-bond donors (Lipinski definition) is 0. The first kappa shape index (κ1) is 10.3. The third kappa shape index (κ3) is 1.92. The quantitative estimate of drug-likeness (QED) is 0.648. The SMILES string of the molecule is [C-]#[N+]C(C#N)c1ccccc1C(C)C. The van der Waals surface area contributed by atoms with Crippen LogP contribution in [-0.4, -0.2) is 0 Å². The summed E-state index contributed by atoms with van der Waals surface area (Å²) in [5.41, 5.74) is 1.94. The van der Waals surface area contributed by atoms with Gasteiger partial charge in [-0.15, -0.1) is 0 Å². The van der Waals surface area contributed by atoms with Gasteiger partial charge in [0, 0.05) is 0 Å². The minimum Gasteiger partial charge on any atom is -0.292 e. The van der Waals surface area contributed by atoms with E-state index in [0.717, 1.165) is 11.1 Å². The summed E-state index contributed by atoms with van der Waals surface area (Å²) in [5, 5.41) is 8.82. The van der Waals surface area contributed by atoms with Gasteiger partial charge in [0.25, 0.3) is 0 Å². The van der Waals surface area contributed by atoms with Gasteiger partial charge in [-0.25, -0.2) is 6.57 Å². The number of hydrogen-bond acceptors (Lipinski definition) is 1. The lowest BCUT2D eigenvalue weighted by Crippen LogP contribution is -1.98. The molecule has 1 aromatic rings. The minimum atomic E-state index is -0.659. The lowest BCUT2D eigenvalue weighted by molar-refractivity contribution is 0.840.